The molecule has 7 rings (SSSR count). The first kappa shape index (κ1) is 15.7. The van der Waals surface area contributed by atoms with Crippen LogP contribution in [0.1, 0.15) is 0 Å². The topological polar surface area (TPSA) is 35.1 Å². The number of benzene rings is 3. The van der Waals surface area contributed by atoms with Gasteiger partial charge in [-0.2, -0.15) is 5.10 Å². The van der Waals surface area contributed by atoms with Crippen molar-refractivity contribution < 1.29 is 0 Å². The number of rotatable bonds is 2. The minimum atomic E-state index is 0.921. The van der Waals surface area contributed by atoms with E-state index in [4.69, 9.17) is 4.98 Å². The molecule has 30 heavy (non-hydrogen) atoms. The molecule has 0 saturated heterocycles. The summed E-state index contributed by atoms with van der Waals surface area (Å²) >= 11 is 0. The highest BCUT2D eigenvalue weighted by Crippen LogP contribution is 2.40. The summed E-state index contributed by atoms with van der Waals surface area (Å²) in [6.45, 7) is 0. The third-order valence-corrected chi connectivity index (χ3v) is 5.97. The van der Waals surface area contributed by atoms with Crippen LogP contribution >= 0.6 is 0 Å². The van der Waals surface area contributed by atoms with E-state index in [1.165, 1.54) is 21.7 Å². The predicted octanol–water partition coefficient (Wildman–Crippen LogP) is 6.08. The van der Waals surface area contributed by atoms with Crippen LogP contribution in [0.2, 0.25) is 0 Å². The number of aromatic nitrogens is 4. The Labute approximate surface area is 172 Å². The summed E-state index contributed by atoms with van der Waals surface area (Å²) in [5.74, 6) is 0.921. The molecule has 3 aromatic carbocycles. The SMILES string of the molecule is c1ccc(-c2cccc(-n3c4cccc5c4c4c3cccc4n3nccc53)n2)cc1. The first-order chi connectivity index (χ1) is 14.9. The third-order valence-electron chi connectivity index (χ3n) is 5.97. The molecule has 0 aliphatic heterocycles. The fourth-order valence-electron chi connectivity index (χ4n) is 4.74. The van der Waals surface area contributed by atoms with Crippen molar-refractivity contribution in [3.05, 3.63) is 97.2 Å². The quantitative estimate of drug-likeness (QED) is 0.338. The molecule has 4 heterocycles. The standard InChI is InChI=1S/C26H16N4/c1-2-7-17(8-3-1)19-10-5-14-24(28-19)29-21-11-4-9-18-20-15-16-27-30(20)23-13-6-12-22(29)26(23)25(18)21/h1-16H. The van der Waals surface area contributed by atoms with Gasteiger partial charge in [0.05, 0.1) is 34.0 Å². The molecule has 0 unspecified atom stereocenters. The molecule has 7 aromatic rings. The van der Waals surface area contributed by atoms with Crippen LogP contribution in [0.15, 0.2) is 97.2 Å². The Bertz CT molecular complexity index is 1610. The molecule has 4 heteroatoms. The Morgan fingerprint density at radius 2 is 1.33 bits per heavy atom. The van der Waals surface area contributed by atoms with Gasteiger partial charge in [0, 0.05) is 21.7 Å². The van der Waals surface area contributed by atoms with Crippen molar-refractivity contribution in [2.45, 2.75) is 0 Å². The van der Waals surface area contributed by atoms with Crippen LogP contribution in [-0.2, 0) is 0 Å². The van der Waals surface area contributed by atoms with Crippen LogP contribution < -0.4 is 0 Å². The zero-order chi connectivity index (χ0) is 19.7. The second-order valence-corrected chi connectivity index (χ2v) is 7.58. The van der Waals surface area contributed by atoms with Crippen LogP contribution in [0.25, 0.3) is 55.3 Å². The summed E-state index contributed by atoms with van der Waals surface area (Å²) in [5, 5.41) is 8.30. The first-order valence-corrected chi connectivity index (χ1v) is 10.0. The lowest BCUT2D eigenvalue weighted by Gasteiger charge is -2.09. The van der Waals surface area contributed by atoms with E-state index in [9.17, 15) is 0 Å². The van der Waals surface area contributed by atoms with Crippen LogP contribution in [0.5, 0.6) is 0 Å². The van der Waals surface area contributed by atoms with Crippen molar-refractivity contribution in [1.82, 2.24) is 19.2 Å². The maximum Gasteiger partial charge on any atom is 0.138 e. The Balaban J connectivity index is 1.64. The van der Waals surface area contributed by atoms with E-state index >= 15 is 0 Å². The van der Waals surface area contributed by atoms with E-state index in [1.54, 1.807) is 0 Å². The Kier molecular flexibility index (Phi) is 2.97. The van der Waals surface area contributed by atoms with Gasteiger partial charge in [-0.05, 0) is 36.4 Å². The molecule has 4 aromatic heterocycles. The molecular formula is C26H16N4. The second kappa shape index (κ2) is 5.67. The van der Waals surface area contributed by atoms with Crippen LogP contribution in [0.4, 0.5) is 0 Å². The van der Waals surface area contributed by atoms with Gasteiger partial charge in [-0.1, -0.05) is 54.6 Å². The van der Waals surface area contributed by atoms with Crippen molar-refractivity contribution in [2.75, 3.05) is 0 Å². The van der Waals surface area contributed by atoms with Crippen molar-refractivity contribution in [2.24, 2.45) is 0 Å². The van der Waals surface area contributed by atoms with Crippen molar-refractivity contribution >= 4 is 38.2 Å². The minimum Gasteiger partial charge on any atom is -0.294 e. The molecule has 0 fully saturated rings. The average Bonchev–Trinajstić information content (AvgIpc) is 3.43. The van der Waals surface area contributed by atoms with Crippen LogP contribution in [0.3, 0.4) is 0 Å². The number of hydrogen-bond acceptors (Lipinski definition) is 2. The molecule has 0 N–H and O–H groups in total. The van der Waals surface area contributed by atoms with Gasteiger partial charge >= 0.3 is 0 Å². The molecule has 0 aliphatic carbocycles. The van der Waals surface area contributed by atoms with Gasteiger partial charge in [0.25, 0.3) is 0 Å². The van der Waals surface area contributed by atoms with E-state index in [0.717, 1.165) is 33.6 Å². The van der Waals surface area contributed by atoms with Gasteiger partial charge in [-0.15, -0.1) is 0 Å². The zero-order valence-electron chi connectivity index (χ0n) is 16.0. The summed E-state index contributed by atoms with van der Waals surface area (Å²) in [7, 11) is 0. The highest BCUT2D eigenvalue weighted by Gasteiger charge is 2.20. The molecule has 0 amide bonds. The fourth-order valence-corrected chi connectivity index (χ4v) is 4.74. The minimum absolute atomic E-state index is 0.921. The highest BCUT2D eigenvalue weighted by molar-refractivity contribution is 6.26. The van der Waals surface area contributed by atoms with Gasteiger partial charge in [0.15, 0.2) is 0 Å². The predicted molar refractivity (Wildman–Crippen MR) is 121 cm³/mol. The zero-order valence-corrected chi connectivity index (χ0v) is 16.0. The van der Waals surface area contributed by atoms with E-state index in [-0.39, 0.29) is 0 Å². The summed E-state index contributed by atoms with van der Waals surface area (Å²) in [6, 6.07) is 31.6. The van der Waals surface area contributed by atoms with Crippen molar-refractivity contribution in [1.29, 1.82) is 0 Å². The number of pyridine rings is 2. The van der Waals surface area contributed by atoms with E-state index in [0.29, 0.717) is 0 Å². The summed E-state index contributed by atoms with van der Waals surface area (Å²) < 4.78 is 4.32. The fraction of sp³-hybridized carbons (Fsp3) is 0. The van der Waals surface area contributed by atoms with E-state index in [1.807, 2.05) is 28.9 Å². The lowest BCUT2D eigenvalue weighted by atomic mass is 10.1. The molecule has 0 spiro atoms. The Hall–Kier alpha value is -4.18. The van der Waals surface area contributed by atoms with Crippen molar-refractivity contribution in [3.63, 3.8) is 0 Å². The monoisotopic (exact) mass is 384 g/mol. The Morgan fingerprint density at radius 3 is 2.23 bits per heavy atom. The number of fused-ring (bicyclic) bond motifs is 3. The first-order valence-electron chi connectivity index (χ1n) is 10.0. The summed E-state index contributed by atoms with van der Waals surface area (Å²) in [4.78, 5) is 5.04. The third kappa shape index (κ3) is 1.95. The normalized spacial score (nSPS) is 12.0. The molecule has 0 radical (unpaired) electrons. The second-order valence-electron chi connectivity index (χ2n) is 7.58. The van der Waals surface area contributed by atoms with Gasteiger partial charge in [-0.3, -0.25) is 4.57 Å². The maximum atomic E-state index is 5.04. The number of hydrogen-bond donors (Lipinski definition) is 0. The molecule has 0 aliphatic rings. The Morgan fingerprint density at radius 1 is 0.567 bits per heavy atom. The molecule has 140 valence electrons. The highest BCUT2D eigenvalue weighted by atomic mass is 15.2. The van der Waals surface area contributed by atoms with E-state index in [2.05, 4.69) is 82.5 Å². The smallest absolute Gasteiger partial charge is 0.138 e. The molecule has 4 nitrogen and oxygen atoms in total. The van der Waals surface area contributed by atoms with Crippen LogP contribution in [-0.4, -0.2) is 19.2 Å². The molecule has 0 bridgehead atoms. The van der Waals surface area contributed by atoms with Gasteiger partial charge < -0.3 is 0 Å². The molecule has 0 saturated carbocycles. The van der Waals surface area contributed by atoms with Crippen molar-refractivity contribution in [3.8, 4) is 17.1 Å². The largest absolute Gasteiger partial charge is 0.294 e. The van der Waals surface area contributed by atoms with Gasteiger partial charge in [0.2, 0.25) is 0 Å². The van der Waals surface area contributed by atoms with E-state index < -0.39 is 0 Å². The van der Waals surface area contributed by atoms with Gasteiger partial charge in [-0.25, -0.2) is 9.50 Å². The maximum absolute atomic E-state index is 5.04. The number of nitrogens with zero attached hydrogens (tertiary/aromatic N) is 4. The summed E-state index contributed by atoms with van der Waals surface area (Å²) in [5.41, 5.74) is 6.65. The molecule has 0 atom stereocenters. The summed E-state index contributed by atoms with van der Waals surface area (Å²) in [6.07, 6.45) is 1.87. The average molecular weight is 384 g/mol. The van der Waals surface area contributed by atoms with Crippen LogP contribution in [0, 0.1) is 0 Å². The molecular weight excluding hydrogens is 368 g/mol. The van der Waals surface area contributed by atoms with Gasteiger partial charge in [0.1, 0.15) is 5.82 Å². The lowest BCUT2D eigenvalue weighted by Crippen LogP contribution is -1.98. The lowest BCUT2D eigenvalue weighted by molar-refractivity contribution is 1.01.